The molecule has 0 saturated carbocycles. The highest BCUT2D eigenvalue weighted by Gasteiger charge is 2.32. The van der Waals surface area contributed by atoms with Crippen LogP contribution in [0.15, 0.2) is 0 Å². The Kier molecular flexibility index (Phi) is 5.58. The van der Waals surface area contributed by atoms with Crippen LogP contribution in [-0.2, 0) is 10.2 Å². The Hall–Kier alpha value is -0.170. The zero-order valence-electron chi connectivity index (χ0n) is 11.6. The Bertz CT molecular complexity index is 354. The molecular formula is C12H26N2O3S. The van der Waals surface area contributed by atoms with Gasteiger partial charge in [-0.25, -0.2) is 4.72 Å². The van der Waals surface area contributed by atoms with Gasteiger partial charge in [-0.2, -0.15) is 12.7 Å². The van der Waals surface area contributed by atoms with Crippen molar-refractivity contribution in [1.29, 1.82) is 0 Å². The predicted octanol–water partition coefficient (Wildman–Crippen LogP) is 1.10. The van der Waals surface area contributed by atoms with Gasteiger partial charge in [0.1, 0.15) is 0 Å². The first-order valence-corrected chi connectivity index (χ1v) is 8.14. The highest BCUT2D eigenvalue weighted by atomic mass is 32.2. The Balaban J connectivity index is 2.67. The van der Waals surface area contributed by atoms with Crippen molar-refractivity contribution >= 4 is 10.2 Å². The molecule has 5 nitrogen and oxygen atoms in total. The molecule has 1 heterocycles. The van der Waals surface area contributed by atoms with Crippen molar-refractivity contribution in [2.24, 2.45) is 5.41 Å². The Morgan fingerprint density at radius 2 is 2.06 bits per heavy atom. The topological polar surface area (TPSA) is 69.6 Å². The Morgan fingerprint density at radius 3 is 2.61 bits per heavy atom. The van der Waals surface area contributed by atoms with Crippen LogP contribution in [0.2, 0.25) is 0 Å². The van der Waals surface area contributed by atoms with Gasteiger partial charge in [-0.3, -0.25) is 0 Å². The summed E-state index contributed by atoms with van der Waals surface area (Å²) in [5.41, 5.74) is -0.0441. The van der Waals surface area contributed by atoms with E-state index in [4.69, 9.17) is 0 Å². The molecule has 0 aromatic carbocycles. The molecule has 1 unspecified atom stereocenters. The molecule has 1 rings (SSSR count). The molecule has 1 aliphatic heterocycles. The maximum atomic E-state index is 12.2. The van der Waals surface area contributed by atoms with E-state index in [0.29, 0.717) is 13.1 Å². The first kappa shape index (κ1) is 15.9. The van der Waals surface area contributed by atoms with Gasteiger partial charge < -0.3 is 5.11 Å². The molecule has 1 saturated heterocycles. The molecule has 0 aliphatic carbocycles. The van der Waals surface area contributed by atoms with Crippen LogP contribution < -0.4 is 4.72 Å². The van der Waals surface area contributed by atoms with Gasteiger partial charge in [-0.05, 0) is 24.7 Å². The number of hydrogen-bond acceptors (Lipinski definition) is 3. The van der Waals surface area contributed by atoms with E-state index in [2.05, 4.69) is 4.72 Å². The molecule has 108 valence electrons. The van der Waals surface area contributed by atoms with Crippen LogP contribution in [0.4, 0.5) is 0 Å². The lowest BCUT2D eigenvalue weighted by Gasteiger charge is -2.34. The molecule has 0 aromatic heterocycles. The van der Waals surface area contributed by atoms with E-state index in [1.54, 1.807) is 0 Å². The van der Waals surface area contributed by atoms with E-state index in [9.17, 15) is 13.5 Å². The van der Waals surface area contributed by atoms with E-state index >= 15 is 0 Å². The molecule has 0 amide bonds. The summed E-state index contributed by atoms with van der Waals surface area (Å²) in [6.45, 7) is 6.96. The third-order valence-corrected chi connectivity index (χ3v) is 5.39. The van der Waals surface area contributed by atoms with Crippen LogP contribution in [0.3, 0.4) is 0 Å². The fourth-order valence-corrected chi connectivity index (χ4v) is 3.64. The van der Waals surface area contributed by atoms with Gasteiger partial charge in [0.05, 0.1) is 6.61 Å². The Labute approximate surface area is 111 Å². The summed E-state index contributed by atoms with van der Waals surface area (Å²) in [6, 6.07) is -0.263. The lowest BCUT2D eigenvalue weighted by molar-refractivity contribution is 0.153. The van der Waals surface area contributed by atoms with Gasteiger partial charge >= 0.3 is 0 Å². The molecule has 18 heavy (non-hydrogen) atoms. The third kappa shape index (κ3) is 4.19. The predicted molar refractivity (Wildman–Crippen MR) is 72.4 cm³/mol. The maximum absolute atomic E-state index is 12.2. The smallest absolute Gasteiger partial charge is 0.279 e. The van der Waals surface area contributed by atoms with Crippen molar-refractivity contribution in [3.05, 3.63) is 0 Å². The number of aliphatic hydroxyl groups is 1. The van der Waals surface area contributed by atoms with E-state index < -0.39 is 10.2 Å². The standard InChI is InChI=1S/C12H26N2O3S/c1-4-12(2,3)10-13-18(16,17)14-8-6-5-7-11(14)9-15/h11,13,15H,4-10H2,1-3H3. The van der Waals surface area contributed by atoms with Gasteiger partial charge in [-0.15, -0.1) is 0 Å². The lowest BCUT2D eigenvalue weighted by Crippen LogP contribution is -2.51. The van der Waals surface area contributed by atoms with Crippen molar-refractivity contribution in [1.82, 2.24) is 9.03 Å². The molecule has 0 spiro atoms. The third-order valence-electron chi connectivity index (χ3n) is 3.78. The summed E-state index contributed by atoms with van der Waals surface area (Å²) < 4.78 is 28.5. The van der Waals surface area contributed by atoms with Crippen LogP contribution in [0.5, 0.6) is 0 Å². The molecule has 0 bridgehead atoms. The normalized spacial score (nSPS) is 23.2. The highest BCUT2D eigenvalue weighted by Crippen LogP contribution is 2.22. The maximum Gasteiger partial charge on any atom is 0.279 e. The highest BCUT2D eigenvalue weighted by molar-refractivity contribution is 7.87. The molecule has 0 radical (unpaired) electrons. The van der Waals surface area contributed by atoms with E-state index in [-0.39, 0.29) is 18.1 Å². The lowest BCUT2D eigenvalue weighted by atomic mass is 9.91. The first-order valence-electron chi connectivity index (χ1n) is 6.69. The first-order chi connectivity index (χ1) is 8.32. The van der Waals surface area contributed by atoms with Crippen LogP contribution in [-0.4, -0.2) is 43.6 Å². The molecular weight excluding hydrogens is 252 g/mol. The zero-order chi connectivity index (χ0) is 13.8. The second-order valence-electron chi connectivity index (χ2n) is 5.79. The SMILES string of the molecule is CCC(C)(C)CNS(=O)(=O)N1CCCCC1CO. The molecule has 2 N–H and O–H groups in total. The summed E-state index contributed by atoms with van der Waals surface area (Å²) in [6.07, 6.45) is 3.51. The van der Waals surface area contributed by atoms with Crippen molar-refractivity contribution in [2.45, 2.75) is 52.5 Å². The van der Waals surface area contributed by atoms with Gasteiger partial charge in [0.2, 0.25) is 0 Å². The van der Waals surface area contributed by atoms with Crippen molar-refractivity contribution in [3.8, 4) is 0 Å². The quantitative estimate of drug-likeness (QED) is 0.764. The van der Waals surface area contributed by atoms with Gasteiger partial charge in [0, 0.05) is 19.1 Å². The minimum atomic E-state index is -3.46. The van der Waals surface area contributed by atoms with E-state index in [1.807, 2.05) is 20.8 Å². The minimum Gasteiger partial charge on any atom is -0.395 e. The summed E-state index contributed by atoms with van der Waals surface area (Å²) in [5, 5.41) is 9.27. The number of hydrogen-bond donors (Lipinski definition) is 2. The number of nitrogens with one attached hydrogen (secondary N) is 1. The van der Waals surface area contributed by atoms with Gasteiger partial charge in [0.15, 0.2) is 0 Å². The summed E-state index contributed by atoms with van der Waals surface area (Å²) >= 11 is 0. The van der Waals surface area contributed by atoms with E-state index in [0.717, 1.165) is 25.7 Å². The fourth-order valence-electron chi connectivity index (χ4n) is 1.97. The molecule has 1 fully saturated rings. The van der Waals surface area contributed by atoms with Gasteiger partial charge in [-0.1, -0.05) is 27.2 Å². The second-order valence-corrected chi connectivity index (χ2v) is 7.49. The number of piperidine rings is 1. The van der Waals surface area contributed by atoms with E-state index in [1.165, 1.54) is 4.31 Å². The average Bonchev–Trinajstić information content (AvgIpc) is 2.37. The average molecular weight is 278 g/mol. The number of aliphatic hydroxyl groups excluding tert-OH is 1. The van der Waals surface area contributed by atoms with Crippen LogP contribution in [0, 0.1) is 5.41 Å². The van der Waals surface area contributed by atoms with Crippen LogP contribution in [0.1, 0.15) is 46.5 Å². The van der Waals surface area contributed by atoms with Crippen molar-refractivity contribution in [3.63, 3.8) is 0 Å². The fraction of sp³-hybridized carbons (Fsp3) is 1.00. The largest absolute Gasteiger partial charge is 0.395 e. The Morgan fingerprint density at radius 1 is 1.39 bits per heavy atom. The van der Waals surface area contributed by atoms with Crippen molar-refractivity contribution < 1.29 is 13.5 Å². The van der Waals surface area contributed by atoms with Gasteiger partial charge in [0.25, 0.3) is 10.2 Å². The molecule has 1 aliphatic rings. The van der Waals surface area contributed by atoms with Crippen LogP contribution >= 0.6 is 0 Å². The van der Waals surface area contributed by atoms with Crippen molar-refractivity contribution in [2.75, 3.05) is 19.7 Å². The molecule has 0 aromatic rings. The van der Waals surface area contributed by atoms with Crippen LogP contribution in [0.25, 0.3) is 0 Å². The molecule has 6 heteroatoms. The second kappa shape index (κ2) is 6.32. The summed E-state index contributed by atoms with van der Waals surface area (Å²) in [4.78, 5) is 0. The zero-order valence-corrected chi connectivity index (χ0v) is 12.5. The minimum absolute atomic E-state index is 0.0441. The number of rotatable bonds is 6. The monoisotopic (exact) mass is 278 g/mol. The molecule has 1 atom stereocenters. The summed E-state index contributed by atoms with van der Waals surface area (Å²) in [7, 11) is -3.46. The summed E-state index contributed by atoms with van der Waals surface area (Å²) in [5.74, 6) is 0. The number of nitrogens with zero attached hydrogens (tertiary/aromatic N) is 1.